The number of benzene rings is 1. The van der Waals surface area contributed by atoms with Crippen LogP contribution >= 0.6 is 12.4 Å². The van der Waals surface area contributed by atoms with Crippen LogP contribution in [0.5, 0.6) is 0 Å². The summed E-state index contributed by atoms with van der Waals surface area (Å²) in [7, 11) is 0. The van der Waals surface area contributed by atoms with Gasteiger partial charge in [0, 0.05) is 19.0 Å². The molecule has 2 aliphatic heterocycles. The first-order valence-corrected chi connectivity index (χ1v) is 8.47. The van der Waals surface area contributed by atoms with Crippen molar-refractivity contribution in [2.75, 3.05) is 19.6 Å². The number of carbonyl (C=O) groups is 1. The molecule has 3 rings (SSSR count). The van der Waals surface area contributed by atoms with Crippen LogP contribution in [0.3, 0.4) is 0 Å². The fourth-order valence-electron chi connectivity index (χ4n) is 3.74. The molecule has 2 aliphatic rings. The van der Waals surface area contributed by atoms with E-state index in [0.29, 0.717) is 12.3 Å². The van der Waals surface area contributed by atoms with E-state index in [4.69, 9.17) is 0 Å². The van der Waals surface area contributed by atoms with Gasteiger partial charge in [0.25, 0.3) is 0 Å². The lowest BCUT2D eigenvalue weighted by atomic mass is 10.0. The minimum absolute atomic E-state index is 0. The third-order valence-electron chi connectivity index (χ3n) is 4.99. The Morgan fingerprint density at radius 3 is 2.96 bits per heavy atom. The number of hydrogen-bond acceptors (Lipinski definition) is 2. The number of carbonyl (C=O) groups excluding carboxylic acids is 1. The van der Waals surface area contributed by atoms with E-state index in [1.807, 2.05) is 11.0 Å². The standard InChI is InChI=1S/C18H25FN2O.ClH/c19-16-4-1-3-15(11-16)12-17-5-2-10-21(17)18(22)7-6-14-8-9-20-13-14;/h1,3-4,11,14,17,20H,2,5-10,12-13H2;1H. The molecular weight excluding hydrogens is 315 g/mol. The van der Waals surface area contributed by atoms with Crippen LogP contribution in [0, 0.1) is 11.7 Å². The summed E-state index contributed by atoms with van der Waals surface area (Å²) in [6.07, 6.45) is 5.72. The van der Waals surface area contributed by atoms with Gasteiger partial charge in [-0.3, -0.25) is 4.79 Å². The number of hydrogen-bond donors (Lipinski definition) is 1. The van der Waals surface area contributed by atoms with Crippen LogP contribution in [-0.4, -0.2) is 36.5 Å². The molecule has 1 aromatic carbocycles. The van der Waals surface area contributed by atoms with Crippen molar-refractivity contribution < 1.29 is 9.18 Å². The Labute approximate surface area is 144 Å². The third kappa shape index (κ3) is 4.92. The van der Waals surface area contributed by atoms with E-state index < -0.39 is 0 Å². The summed E-state index contributed by atoms with van der Waals surface area (Å²) in [5.41, 5.74) is 0.990. The smallest absolute Gasteiger partial charge is 0.222 e. The lowest BCUT2D eigenvalue weighted by Gasteiger charge is -2.25. The predicted octanol–water partition coefficient (Wildman–Crippen LogP) is 3.17. The van der Waals surface area contributed by atoms with Crippen molar-refractivity contribution in [3.05, 3.63) is 35.6 Å². The molecule has 0 aromatic heterocycles. The average Bonchev–Trinajstić information content (AvgIpc) is 3.16. The first-order valence-electron chi connectivity index (χ1n) is 8.47. The van der Waals surface area contributed by atoms with Gasteiger partial charge in [0.1, 0.15) is 5.82 Å². The van der Waals surface area contributed by atoms with Crippen LogP contribution in [0.4, 0.5) is 4.39 Å². The molecule has 2 atom stereocenters. The van der Waals surface area contributed by atoms with E-state index in [1.54, 1.807) is 12.1 Å². The third-order valence-corrected chi connectivity index (χ3v) is 4.99. The monoisotopic (exact) mass is 340 g/mol. The molecule has 3 nitrogen and oxygen atoms in total. The quantitative estimate of drug-likeness (QED) is 0.893. The SMILES string of the molecule is Cl.O=C(CCC1CCNC1)N1CCCC1Cc1cccc(F)c1. The van der Waals surface area contributed by atoms with E-state index in [9.17, 15) is 9.18 Å². The van der Waals surface area contributed by atoms with Gasteiger partial charge in [-0.2, -0.15) is 0 Å². The van der Waals surface area contributed by atoms with Crippen molar-refractivity contribution in [1.82, 2.24) is 10.2 Å². The summed E-state index contributed by atoms with van der Waals surface area (Å²) < 4.78 is 13.3. The molecule has 2 heterocycles. The Balaban J connectivity index is 0.00000192. The van der Waals surface area contributed by atoms with E-state index in [-0.39, 0.29) is 30.2 Å². The zero-order valence-electron chi connectivity index (χ0n) is 13.5. The number of halogens is 2. The van der Waals surface area contributed by atoms with Crippen molar-refractivity contribution in [3.63, 3.8) is 0 Å². The molecule has 2 fully saturated rings. The molecule has 5 heteroatoms. The number of nitrogens with zero attached hydrogens (tertiary/aromatic N) is 1. The van der Waals surface area contributed by atoms with Gasteiger partial charge in [-0.05, 0) is 68.8 Å². The molecule has 0 radical (unpaired) electrons. The van der Waals surface area contributed by atoms with E-state index >= 15 is 0 Å². The van der Waals surface area contributed by atoms with Gasteiger partial charge in [0.2, 0.25) is 5.91 Å². The maximum absolute atomic E-state index is 13.3. The highest BCUT2D eigenvalue weighted by molar-refractivity contribution is 5.85. The summed E-state index contributed by atoms with van der Waals surface area (Å²) in [5.74, 6) is 0.751. The van der Waals surface area contributed by atoms with Crippen LogP contribution in [0.15, 0.2) is 24.3 Å². The summed E-state index contributed by atoms with van der Waals surface area (Å²) in [5, 5.41) is 3.35. The van der Waals surface area contributed by atoms with Gasteiger partial charge in [-0.25, -0.2) is 4.39 Å². The summed E-state index contributed by atoms with van der Waals surface area (Å²) in [6.45, 7) is 3.01. The van der Waals surface area contributed by atoms with Crippen molar-refractivity contribution >= 4 is 18.3 Å². The second-order valence-electron chi connectivity index (χ2n) is 6.61. The van der Waals surface area contributed by atoms with Gasteiger partial charge < -0.3 is 10.2 Å². The molecule has 1 amide bonds. The maximum Gasteiger partial charge on any atom is 0.222 e. The van der Waals surface area contributed by atoms with Crippen molar-refractivity contribution in [3.8, 4) is 0 Å². The van der Waals surface area contributed by atoms with E-state index in [2.05, 4.69) is 5.32 Å². The summed E-state index contributed by atoms with van der Waals surface area (Å²) in [6, 6.07) is 7.01. The molecule has 0 saturated carbocycles. The Hall–Kier alpha value is -1.13. The van der Waals surface area contributed by atoms with Crippen LogP contribution in [0.1, 0.15) is 37.7 Å². The highest BCUT2D eigenvalue weighted by Crippen LogP contribution is 2.24. The normalized spacial score (nSPS) is 23.8. The molecule has 0 bridgehead atoms. The highest BCUT2D eigenvalue weighted by Gasteiger charge is 2.29. The zero-order valence-corrected chi connectivity index (χ0v) is 14.3. The van der Waals surface area contributed by atoms with Gasteiger partial charge in [0.15, 0.2) is 0 Å². The average molecular weight is 341 g/mol. The van der Waals surface area contributed by atoms with Crippen molar-refractivity contribution in [2.45, 2.75) is 44.6 Å². The molecule has 1 N–H and O–H groups in total. The van der Waals surface area contributed by atoms with Crippen LogP contribution < -0.4 is 5.32 Å². The number of amides is 1. The fraction of sp³-hybridized carbons (Fsp3) is 0.611. The Bertz CT molecular complexity index is 519. The molecular formula is C18H26ClFN2O. The second-order valence-corrected chi connectivity index (χ2v) is 6.61. The van der Waals surface area contributed by atoms with Gasteiger partial charge >= 0.3 is 0 Å². The van der Waals surface area contributed by atoms with Crippen molar-refractivity contribution in [1.29, 1.82) is 0 Å². The van der Waals surface area contributed by atoms with E-state index in [1.165, 1.54) is 12.5 Å². The molecule has 0 spiro atoms. The lowest BCUT2D eigenvalue weighted by Crippen LogP contribution is -2.37. The second kappa shape index (κ2) is 8.65. The zero-order chi connectivity index (χ0) is 15.4. The number of rotatable bonds is 5. The fourth-order valence-corrected chi connectivity index (χ4v) is 3.74. The molecule has 2 saturated heterocycles. The van der Waals surface area contributed by atoms with Crippen LogP contribution in [-0.2, 0) is 11.2 Å². The largest absolute Gasteiger partial charge is 0.339 e. The highest BCUT2D eigenvalue weighted by atomic mass is 35.5. The molecule has 0 aliphatic carbocycles. The first kappa shape index (κ1) is 18.2. The minimum atomic E-state index is -0.192. The lowest BCUT2D eigenvalue weighted by molar-refractivity contribution is -0.132. The molecule has 23 heavy (non-hydrogen) atoms. The summed E-state index contributed by atoms with van der Waals surface area (Å²) in [4.78, 5) is 14.5. The van der Waals surface area contributed by atoms with Crippen molar-refractivity contribution in [2.24, 2.45) is 5.92 Å². The van der Waals surface area contributed by atoms with E-state index in [0.717, 1.165) is 50.9 Å². The molecule has 1 aromatic rings. The number of nitrogens with one attached hydrogen (secondary N) is 1. The Morgan fingerprint density at radius 2 is 2.22 bits per heavy atom. The Morgan fingerprint density at radius 1 is 1.35 bits per heavy atom. The van der Waals surface area contributed by atoms with Gasteiger partial charge in [0.05, 0.1) is 0 Å². The predicted molar refractivity (Wildman–Crippen MR) is 92.3 cm³/mol. The van der Waals surface area contributed by atoms with Gasteiger partial charge in [-0.15, -0.1) is 12.4 Å². The number of likely N-dealkylation sites (tertiary alicyclic amines) is 1. The minimum Gasteiger partial charge on any atom is -0.339 e. The topological polar surface area (TPSA) is 32.3 Å². The molecule has 2 unspecified atom stereocenters. The Kier molecular flexibility index (Phi) is 6.85. The summed E-state index contributed by atoms with van der Waals surface area (Å²) >= 11 is 0. The molecule has 128 valence electrons. The maximum atomic E-state index is 13.3. The van der Waals surface area contributed by atoms with Gasteiger partial charge in [-0.1, -0.05) is 12.1 Å². The van der Waals surface area contributed by atoms with Crippen LogP contribution in [0.2, 0.25) is 0 Å². The first-order chi connectivity index (χ1) is 10.7. The van der Waals surface area contributed by atoms with Crippen LogP contribution in [0.25, 0.3) is 0 Å².